The van der Waals surface area contributed by atoms with Crippen LogP contribution >= 0.6 is 0 Å². The molecule has 0 unspecified atom stereocenters. The summed E-state index contributed by atoms with van der Waals surface area (Å²) in [5.74, 6) is -0.0657. The molecule has 0 saturated carbocycles. The van der Waals surface area contributed by atoms with Crippen molar-refractivity contribution in [2.24, 2.45) is 0 Å². The number of hydrogen-bond acceptors (Lipinski definition) is 2. The van der Waals surface area contributed by atoms with E-state index in [1.54, 1.807) is 6.07 Å². The Bertz CT molecular complexity index is 617. The van der Waals surface area contributed by atoms with Gasteiger partial charge >= 0.3 is 0 Å². The van der Waals surface area contributed by atoms with Crippen LogP contribution in [0.3, 0.4) is 0 Å². The average Bonchev–Trinajstić information content (AvgIpc) is 2.88. The highest BCUT2D eigenvalue weighted by molar-refractivity contribution is 5.84. The zero-order chi connectivity index (χ0) is 13.9. The van der Waals surface area contributed by atoms with E-state index in [0.29, 0.717) is 12.8 Å². The van der Waals surface area contributed by atoms with Crippen LogP contribution in [-0.2, 0) is 11.2 Å². The number of aryl methyl sites for hydroxylation is 1. The summed E-state index contributed by atoms with van der Waals surface area (Å²) in [6.45, 7) is 3.29. The Balaban J connectivity index is 1.67. The van der Waals surface area contributed by atoms with Gasteiger partial charge in [-0.3, -0.25) is 4.79 Å². The molecule has 4 nitrogen and oxygen atoms in total. The zero-order valence-corrected chi connectivity index (χ0v) is 11.3. The normalized spacial score (nSPS) is 15.8. The van der Waals surface area contributed by atoms with E-state index >= 15 is 0 Å². The first-order valence-corrected chi connectivity index (χ1v) is 6.98. The molecule has 0 spiro atoms. The maximum Gasteiger partial charge on any atom is 0.222 e. The predicted molar refractivity (Wildman–Crippen MR) is 76.0 cm³/mol. The minimum absolute atomic E-state index is 0.178. The van der Waals surface area contributed by atoms with E-state index < -0.39 is 0 Å². The third kappa shape index (κ3) is 2.67. The van der Waals surface area contributed by atoms with Gasteiger partial charge in [0.2, 0.25) is 5.91 Å². The van der Waals surface area contributed by atoms with Crippen LogP contribution < -0.4 is 5.32 Å². The molecule has 1 saturated heterocycles. The molecule has 2 heterocycles. The van der Waals surface area contributed by atoms with Gasteiger partial charge in [0.25, 0.3) is 0 Å². The minimum Gasteiger partial charge on any atom is -0.361 e. The van der Waals surface area contributed by atoms with Crippen LogP contribution in [0.2, 0.25) is 0 Å². The standard InChI is InChI=1S/C15H18FN3O/c16-12-2-3-14-13(9-12)11(10-18-14)1-4-15(20)19-7-5-17-6-8-19/h2-3,9-10,17-18H,1,4-8H2. The van der Waals surface area contributed by atoms with Gasteiger partial charge in [0, 0.05) is 49.7 Å². The number of halogens is 1. The smallest absolute Gasteiger partial charge is 0.222 e. The number of hydrogen-bond donors (Lipinski definition) is 2. The summed E-state index contributed by atoms with van der Waals surface area (Å²) in [6, 6.07) is 4.69. The summed E-state index contributed by atoms with van der Waals surface area (Å²) < 4.78 is 13.3. The van der Waals surface area contributed by atoms with E-state index in [1.807, 2.05) is 11.1 Å². The van der Waals surface area contributed by atoms with Gasteiger partial charge < -0.3 is 15.2 Å². The fraction of sp³-hybridized carbons (Fsp3) is 0.400. The van der Waals surface area contributed by atoms with Crippen molar-refractivity contribution in [3.05, 3.63) is 35.8 Å². The predicted octanol–water partition coefficient (Wildman–Crippen LogP) is 1.67. The van der Waals surface area contributed by atoms with Crippen molar-refractivity contribution in [3.63, 3.8) is 0 Å². The average molecular weight is 275 g/mol. The highest BCUT2D eigenvalue weighted by Crippen LogP contribution is 2.20. The number of nitrogens with one attached hydrogen (secondary N) is 2. The van der Waals surface area contributed by atoms with Crippen LogP contribution in [0.1, 0.15) is 12.0 Å². The molecule has 106 valence electrons. The van der Waals surface area contributed by atoms with Gasteiger partial charge in [0.15, 0.2) is 0 Å². The Morgan fingerprint density at radius 1 is 1.30 bits per heavy atom. The number of carbonyl (C=O) groups excluding carboxylic acids is 1. The van der Waals surface area contributed by atoms with E-state index in [1.165, 1.54) is 12.1 Å². The maximum atomic E-state index is 13.3. The molecule has 5 heteroatoms. The number of piperazine rings is 1. The molecular weight excluding hydrogens is 257 g/mol. The summed E-state index contributed by atoms with van der Waals surface area (Å²) in [6.07, 6.45) is 2.99. The van der Waals surface area contributed by atoms with Crippen LogP contribution in [-0.4, -0.2) is 42.0 Å². The highest BCUT2D eigenvalue weighted by atomic mass is 19.1. The first-order chi connectivity index (χ1) is 9.74. The molecule has 1 amide bonds. The fourth-order valence-electron chi connectivity index (χ4n) is 2.67. The second-order valence-electron chi connectivity index (χ2n) is 5.13. The lowest BCUT2D eigenvalue weighted by atomic mass is 10.1. The highest BCUT2D eigenvalue weighted by Gasteiger charge is 2.16. The third-order valence-electron chi connectivity index (χ3n) is 3.81. The molecule has 2 N–H and O–H groups in total. The van der Waals surface area contributed by atoms with Gasteiger partial charge in [-0.2, -0.15) is 0 Å². The van der Waals surface area contributed by atoms with Crippen LogP contribution in [0.25, 0.3) is 10.9 Å². The summed E-state index contributed by atoms with van der Waals surface area (Å²) in [5, 5.41) is 4.10. The van der Waals surface area contributed by atoms with Crippen LogP contribution in [0.15, 0.2) is 24.4 Å². The molecular formula is C15H18FN3O. The topological polar surface area (TPSA) is 48.1 Å². The van der Waals surface area contributed by atoms with E-state index in [4.69, 9.17) is 0 Å². The van der Waals surface area contributed by atoms with Gasteiger partial charge in [-0.1, -0.05) is 0 Å². The summed E-state index contributed by atoms with van der Waals surface area (Å²) in [5.41, 5.74) is 1.92. The van der Waals surface area contributed by atoms with E-state index in [0.717, 1.165) is 42.6 Å². The monoisotopic (exact) mass is 275 g/mol. The zero-order valence-electron chi connectivity index (χ0n) is 11.3. The SMILES string of the molecule is O=C(CCc1c[nH]c2ccc(F)cc12)N1CCNCC1. The summed E-state index contributed by atoms with van der Waals surface area (Å²) in [7, 11) is 0. The number of aromatic nitrogens is 1. The molecule has 0 aliphatic carbocycles. The molecule has 20 heavy (non-hydrogen) atoms. The molecule has 1 aromatic carbocycles. The van der Waals surface area contributed by atoms with E-state index in [2.05, 4.69) is 10.3 Å². The summed E-state index contributed by atoms with van der Waals surface area (Å²) in [4.78, 5) is 17.1. The third-order valence-corrected chi connectivity index (χ3v) is 3.81. The number of H-pyrrole nitrogens is 1. The molecule has 0 radical (unpaired) electrons. The lowest BCUT2D eigenvalue weighted by Gasteiger charge is -2.27. The van der Waals surface area contributed by atoms with Crippen molar-refractivity contribution in [1.82, 2.24) is 15.2 Å². The fourth-order valence-corrected chi connectivity index (χ4v) is 2.67. The quantitative estimate of drug-likeness (QED) is 0.895. The number of carbonyl (C=O) groups is 1. The largest absolute Gasteiger partial charge is 0.361 e. The molecule has 0 bridgehead atoms. The maximum absolute atomic E-state index is 13.3. The minimum atomic E-state index is -0.244. The van der Waals surface area contributed by atoms with Gasteiger partial charge in [-0.15, -0.1) is 0 Å². The molecule has 0 atom stereocenters. The van der Waals surface area contributed by atoms with Crippen LogP contribution in [0.4, 0.5) is 4.39 Å². The van der Waals surface area contributed by atoms with Crippen molar-refractivity contribution in [1.29, 1.82) is 0 Å². The molecule has 2 aromatic rings. The number of benzene rings is 1. The van der Waals surface area contributed by atoms with Gasteiger partial charge in [-0.25, -0.2) is 4.39 Å². The Hall–Kier alpha value is -1.88. The Morgan fingerprint density at radius 2 is 2.10 bits per heavy atom. The van der Waals surface area contributed by atoms with Crippen LogP contribution in [0, 0.1) is 5.82 Å². The molecule has 1 aromatic heterocycles. The second-order valence-corrected chi connectivity index (χ2v) is 5.13. The Morgan fingerprint density at radius 3 is 2.90 bits per heavy atom. The molecule has 1 aliphatic heterocycles. The van der Waals surface area contributed by atoms with Crippen molar-refractivity contribution in [3.8, 4) is 0 Å². The number of aromatic amines is 1. The number of rotatable bonds is 3. The Labute approximate surface area is 117 Å². The number of amides is 1. The molecule has 1 aliphatic rings. The van der Waals surface area contributed by atoms with Gasteiger partial charge in [0.1, 0.15) is 5.82 Å². The number of fused-ring (bicyclic) bond motifs is 1. The lowest BCUT2D eigenvalue weighted by Crippen LogP contribution is -2.46. The van der Waals surface area contributed by atoms with Crippen LogP contribution in [0.5, 0.6) is 0 Å². The van der Waals surface area contributed by atoms with E-state index in [-0.39, 0.29) is 11.7 Å². The van der Waals surface area contributed by atoms with Crippen molar-refractivity contribution in [2.45, 2.75) is 12.8 Å². The van der Waals surface area contributed by atoms with Crippen molar-refractivity contribution >= 4 is 16.8 Å². The first-order valence-electron chi connectivity index (χ1n) is 6.98. The van der Waals surface area contributed by atoms with Gasteiger partial charge in [0.05, 0.1) is 0 Å². The second kappa shape index (κ2) is 5.63. The molecule has 1 fully saturated rings. The summed E-state index contributed by atoms with van der Waals surface area (Å²) >= 11 is 0. The van der Waals surface area contributed by atoms with Gasteiger partial charge in [-0.05, 0) is 30.2 Å². The molecule has 3 rings (SSSR count). The Kier molecular flexibility index (Phi) is 3.69. The lowest BCUT2D eigenvalue weighted by molar-refractivity contribution is -0.131. The number of nitrogens with zero attached hydrogens (tertiary/aromatic N) is 1. The van der Waals surface area contributed by atoms with Crippen molar-refractivity contribution in [2.75, 3.05) is 26.2 Å². The van der Waals surface area contributed by atoms with Crippen molar-refractivity contribution < 1.29 is 9.18 Å². The van der Waals surface area contributed by atoms with E-state index in [9.17, 15) is 9.18 Å². The first kappa shape index (κ1) is 13.1.